The van der Waals surface area contributed by atoms with E-state index in [1.807, 2.05) is 12.4 Å². The van der Waals surface area contributed by atoms with Crippen molar-refractivity contribution < 1.29 is 4.74 Å². The maximum atomic E-state index is 5.71. The van der Waals surface area contributed by atoms with E-state index in [2.05, 4.69) is 28.8 Å². The predicted octanol–water partition coefficient (Wildman–Crippen LogP) is 2.00. The maximum absolute atomic E-state index is 5.71. The number of nitrogens with two attached hydrogens (primary N) is 1. The summed E-state index contributed by atoms with van der Waals surface area (Å²) >= 11 is 0. The summed E-state index contributed by atoms with van der Waals surface area (Å²) in [6.07, 6.45) is 8.81. The van der Waals surface area contributed by atoms with Gasteiger partial charge in [-0.2, -0.15) is 0 Å². The Bertz CT molecular complexity index is 373. The van der Waals surface area contributed by atoms with E-state index in [0.29, 0.717) is 12.0 Å². The first-order valence-corrected chi connectivity index (χ1v) is 7.37. The van der Waals surface area contributed by atoms with Crippen LogP contribution in [0.2, 0.25) is 0 Å². The van der Waals surface area contributed by atoms with Crippen molar-refractivity contribution >= 4 is 0 Å². The van der Waals surface area contributed by atoms with Crippen LogP contribution in [0.1, 0.15) is 51.4 Å². The Labute approximate surface area is 115 Å². The molecule has 0 amide bonds. The van der Waals surface area contributed by atoms with E-state index in [0.717, 1.165) is 44.7 Å². The number of aromatic nitrogens is 2. The monoisotopic (exact) mass is 266 g/mol. The Morgan fingerprint density at radius 1 is 1.53 bits per heavy atom. The second-order valence-corrected chi connectivity index (χ2v) is 5.35. The number of hydrazine groups is 1. The predicted molar refractivity (Wildman–Crippen MR) is 75.3 cm³/mol. The van der Waals surface area contributed by atoms with Crippen LogP contribution in [0.15, 0.2) is 12.4 Å². The second-order valence-electron chi connectivity index (χ2n) is 5.35. The Kier molecular flexibility index (Phi) is 5.36. The van der Waals surface area contributed by atoms with Crippen molar-refractivity contribution in [2.75, 3.05) is 6.61 Å². The third-order valence-electron chi connectivity index (χ3n) is 3.89. The van der Waals surface area contributed by atoms with Crippen molar-refractivity contribution in [3.8, 4) is 0 Å². The first kappa shape index (κ1) is 14.5. The summed E-state index contributed by atoms with van der Waals surface area (Å²) in [6, 6.07) is 0.147. The van der Waals surface area contributed by atoms with Gasteiger partial charge in [-0.05, 0) is 38.5 Å². The molecule has 0 spiro atoms. The average molecular weight is 266 g/mol. The molecule has 1 saturated carbocycles. The van der Waals surface area contributed by atoms with Crippen LogP contribution in [0.5, 0.6) is 0 Å². The number of ether oxygens (including phenoxy) is 1. The molecule has 1 unspecified atom stereocenters. The van der Waals surface area contributed by atoms with Crippen molar-refractivity contribution in [1.82, 2.24) is 15.0 Å². The third-order valence-corrected chi connectivity index (χ3v) is 3.89. The van der Waals surface area contributed by atoms with Gasteiger partial charge in [-0.3, -0.25) is 5.84 Å². The molecule has 108 valence electrons. The molecule has 19 heavy (non-hydrogen) atoms. The molecule has 0 aliphatic heterocycles. The zero-order chi connectivity index (χ0) is 13.7. The van der Waals surface area contributed by atoms with Gasteiger partial charge in [0.2, 0.25) is 0 Å². The molecule has 1 aliphatic carbocycles. The SMILES string of the molecule is CCCn1ccnc1C(CC1CC(OCC)C1)NN. The van der Waals surface area contributed by atoms with Gasteiger partial charge < -0.3 is 9.30 Å². The highest BCUT2D eigenvalue weighted by atomic mass is 16.5. The fourth-order valence-electron chi connectivity index (χ4n) is 2.88. The zero-order valence-electron chi connectivity index (χ0n) is 12.0. The molecule has 2 rings (SSSR count). The molecular formula is C14H26N4O. The Hall–Kier alpha value is -0.910. The van der Waals surface area contributed by atoms with Crippen molar-refractivity contribution in [1.29, 1.82) is 0 Å². The molecule has 0 radical (unpaired) electrons. The molecule has 1 heterocycles. The molecule has 0 saturated heterocycles. The van der Waals surface area contributed by atoms with Gasteiger partial charge in [0.05, 0.1) is 12.1 Å². The Morgan fingerprint density at radius 3 is 2.95 bits per heavy atom. The Balaban J connectivity index is 1.88. The highest BCUT2D eigenvalue weighted by Crippen LogP contribution is 2.36. The smallest absolute Gasteiger partial charge is 0.127 e. The third kappa shape index (κ3) is 3.55. The minimum Gasteiger partial charge on any atom is -0.378 e. The van der Waals surface area contributed by atoms with Gasteiger partial charge in [0.25, 0.3) is 0 Å². The minimum absolute atomic E-state index is 0.147. The summed E-state index contributed by atoms with van der Waals surface area (Å²) in [5.74, 6) is 7.47. The van der Waals surface area contributed by atoms with E-state index in [9.17, 15) is 0 Å². The second kappa shape index (κ2) is 7.03. The minimum atomic E-state index is 0.147. The van der Waals surface area contributed by atoms with Crippen molar-refractivity contribution in [2.24, 2.45) is 11.8 Å². The highest BCUT2D eigenvalue weighted by Gasteiger charge is 2.32. The zero-order valence-corrected chi connectivity index (χ0v) is 12.0. The van der Waals surface area contributed by atoms with Gasteiger partial charge in [0, 0.05) is 25.5 Å². The van der Waals surface area contributed by atoms with E-state index in [4.69, 9.17) is 10.6 Å². The molecule has 0 aromatic carbocycles. The largest absolute Gasteiger partial charge is 0.378 e. The van der Waals surface area contributed by atoms with E-state index in [1.54, 1.807) is 0 Å². The van der Waals surface area contributed by atoms with Crippen molar-refractivity contribution in [3.05, 3.63) is 18.2 Å². The van der Waals surface area contributed by atoms with Gasteiger partial charge in [0.1, 0.15) is 5.82 Å². The molecular weight excluding hydrogens is 240 g/mol. The molecule has 5 heteroatoms. The summed E-state index contributed by atoms with van der Waals surface area (Å²) in [4.78, 5) is 4.46. The summed E-state index contributed by atoms with van der Waals surface area (Å²) in [5.41, 5.74) is 2.93. The van der Waals surface area contributed by atoms with Crippen LogP contribution in [0.3, 0.4) is 0 Å². The summed E-state index contributed by atoms with van der Waals surface area (Å²) in [7, 11) is 0. The lowest BCUT2D eigenvalue weighted by molar-refractivity contribution is -0.0294. The van der Waals surface area contributed by atoms with Gasteiger partial charge in [-0.15, -0.1) is 0 Å². The molecule has 1 aromatic heterocycles. The Morgan fingerprint density at radius 2 is 2.32 bits per heavy atom. The van der Waals surface area contributed by atoms with Crippen LogP contribution in [-0.2, 0) is 11.3 Å². The summed E-state index contributed by atoms with van der Waals surface area (Å²) in [6.45, 7) is 6.04. The number of imidazole rings is 1. The average Bonchev–Trinajstić information content (AvgIpc) is 2.81. The lowest BCUT2D eigenvalue weighted by Gasteiger charge is -2.36. The van der Waals surface area contributed by atoms with Gasteiger partial charge in [0.15, 0.2) is 0 Å². The normalized spacial score (nSPS) is 24.2. The molecule has 5 nitrogen and oxygen atoms in total. The van der Waals surface area contributed by atoms with Gasteiger partial charge >= 0.3 is 0 Å². The van der Waals surface area contributed by atoms with Crippen LogP contribution in [-0.4, -0.2) is 22.3 Å². The van der Waals surface area contributed by atoms with E-state index < -0.39 is 0 Å². The van der Waals surface area contributed by atoms with Crippen molar-refractivity contribution in [3.63, 3.8) is 0 Å². The highest BCUT2D eigenvalue weighted by molar-refractivity contribution is 5.00. The molecule has 1 aliphatic rings. The topological polar surface area (TPSA) is 65.1 Å². The van der Waals surface area contributed by atoms with Gasteiger partial charge in [-0.1, -0.05) is 6.92 Å². The van der Waals surface area contributed by atoms with E-state index in [-0.39, 0.29) is 6.04 Å². The van der Waals surface area contributed by atoms with E-state index in [1.165, 1.54) is 0 Å². The van der Waals surface area contributed by atoms with Crippen LogP contribution in [0, 0.1) is 5.92 Å². The van der Waals surface area contributed by atoms with Crippen LogP contribution < -0.4 is 11.3 Å². The lowest BCUT2D eigenvalue weighted by Crippen LogP contribution is -2.37. The number of nitrogens with zero attached hydrogens (tertiary/aromatic N) is 2. The van der Waals surface area contributed by atoms with Gasteiger partial charge in [-0.25, -0.2) is 10.4 Å². The van der Waals surface area contributed by atoms with Crippen LogP contribution >= 0.6 is 0 Å². The number of aryl methyl sites for hydroxylation is 1. The number of hydrogen-bond donors (Lipinski definition) is 2. The summed E-state index contributed by atoms with van der Waals surface area (Å²) in [5, 5.41) is 0. The fourth-order valence-corrected chi connectivity index (χ4v) is 2.88. The molecule has 3 N–H and O–H groups in total. The first-order chi connectivity index (χ1) is 9.28. The molecule has 1 aromatic rings. The first-order valence-electron chi connectivity index (χ1n) is 7.37. The summed E-state index contributed by atoms with van der Waals surface area (Å²) < 4.78 is 7.80. The fraction of sp³-hybridized carbons (Fsp3) is 0.786. The maximum Gasteiger partial charge on any atom is 0.127 e. The molecule has 1 atom stereocenters. The quantitative estimate of drug-likeness (QED) is 0.558. The van der Waals surface area contributed by atoms with Crippen molar-refractivity contribution in [2.45, 2.75) is 58.2 Å². The van der Waals surface area contributed by atoms with Crippen LogP contribution in [0.25, 0.3) is 0 Å². The number of rotatable bonds is 8. The lowest BCUT2D eigenvalue weighted by atomic mass is 9.78. The standard InChI is InChI=1S/C14H26N4O/c1-3-6-18-7-5-16-14(18)13(17-15)10-11-8-12(9-11)19-4-2/h5,7,11-13,17H,3-4,6,8-10,15H2,1-2H3. The van der Waals surface area contributed by atoms with E-state index >= 15 is 0 Å². The number of hydrogen-bond acceptors (Lipinski definition) is 4. The van der Waals surface area contributed by atoms with Crippen LogP contribution in [0.4, 0.5) is 0 Å². The number of nitrogens with one attached hydrogen (secondary N) is 1. The molecule has 1 fully saturated rings. The molecule has 0 bridgehead atoms.